The third-order valence-corrected chi connectivity index (χ3v) is 11.2. The molecule has 4 N–H and O–H groups in total. The minimum Gasteiger partial charge on any atom is -0.361 e. The summed E-state index contributed by atoms with van der Waals surface area (Å²) in [5, 5.41) is 37.7. The maximum absolute atomic E-state index is 14.1. The number of nitrogens with one attached hydrogen (secondary N) is 4. The Balaban J connectivity index is 0.000000142. The lowest BCUT2D eigenvalue weighted by molar-refractivity contribution is -0.115. The number of rotatable bonds is 12. The highest BCUT2D eigenvalue weighted by Gasteiger charge is 2.21. The van der Waals surface area contributed by atoms with Gasteiger partial charge in [0.05, 0.1) is 49.1 Å². The van der Waals surface area contributed by atoms with Crippen LogP contribution in [0.25, 0.3) is 68.8 Å². The van der Waals surface area contributed by atoms with Crippen LogP contribution in [0.3, 0.4) is 0 Å². The molecule has 12 aromatic rings. The monoisotopic (exact) mass is 1100 g/mol. The molecule has 23 nitrogen and oxygen atoms in total. The van der Waals surface area contributed by atoms with E-state index in [0.29, 0.717) is 63.3 Å². The number of nitrogens with zero attached hydrogens (tertiary/aromatic N) is 15. The van der Waals surface area contributed by atoms with Gasteiger partial charge in [0.15, 0.2) is 17.5 Å². The average molecular weight is 1100 g/mol. The lowest BCUT2D eigenvalue weighted by atomic mass is 10.2. The van der Waals surface area contributed by atoms with Gasteiger partial charge in [0.25, 0.3) is 11.1 Å². The molecule has 408 valence electrons. The highest BCUT2D eigenvalue weighted by Crippen LogP contribution is 2.27. The fraction of sp³-hybridized carbons (Fsp3) is 0.113. The van der Waals surface area contributed by atoms with Crippen LogP contribution < -0.4 is 11.1 Å². The topological polar surface area (TPSA) is 297 Å². The highest BCUT2D eigenvalue weighted by molar-refractivity contribution is 5.72. The first-order valence-electron chi connectivity index (χ1n) is 24.0. The zero-order valence-corrected chi connectivity index (χ0v) is 42.6. The zero-order chi connectivity index (χ0) is 57.0. The normalized spacial score (nSPS) is 10.8. The number of aryl methyl sites for hydroxylation is 1. The Morgan fingerprint density at radius 3 is 1.48 bits per heavy atom. The van der Waals surface area contributed by atoms with Crippen LogP contribution in [-0.2, 0) is 24.4 Å². The number of aromatic amines is 4. The molecule has 0 fully saturated rings. The number of halogens is 5. The van der Waals surface area contributed by atoms with Crippen molar-refractivity contribution >= 4 is 5.78 Å². The van der Waals surface area contributed by atoms with E-state index in [2.05, 4.69) is 81.2 Å². The molecule has 0 saturated heterocycles. The molecule has 9 heterocycles. The average Bonchev–Trinajstić information content (AvgIpc) is 4.55. The Hall–Kier alpha value is -11.1. The van der Waals surface area contributed by atoms with E-state index >= 15 is 0 Å². The van der Waals surface area contributed by atoms with Crippen LogP contribution >= 0.6 is 0 Å². The summed E-state index contributed by atoms with van der Waals surface area (Å²) in [6.45, 7) is 5.31. The Morgan fingerprint density at radius 1 is 0.543 bits per heavy atom. The maximum Gasteiger partial charge on any atom is 0.287 e. The molecule has 0 atom stereocenters. The number of benzene rings is 3. The van der Waals surface area contributed by atoms with Crippen molar-refractivity contribution in [3.63, 3.8) is 0 Å². The molecule has 0 saturated carbocycles. The smallest absolute Gasteiger partial charge is 0.287 e. The van der Waals surface area contributed by atoms with Gasteiger partial charge in [-0.2, -0.15) is 34.4 Å². The van der Waals surface area contributed by atoms with Crippen LogP contribution in [0.2, 0.25) is 0 Å². The predicted molar refractivity (Wildman–Crippen MR) is 279 cm³/mol. The number of hydrogen-bond donors (Lipinski definition) is 4. The van der Waals surface area contributed by atoms with Crippen molar-refractivity contribution in [3.8, 4) is 68.8 Å². The minimum absolute atomic E-state index is 0.0634. The van der Waals surface area contributed by atoms with Gasteiger partial charge >= 0.3 is 0 Å². The Morgan fingerprint density at radius 2 is 1.02 bits per heavy atom. The van der Waals surface area contributed by atoms with Gasteiger partial charge in [-0.05, 0) is 74.5 Å². The molecule has 0 bridgehead atoms. The quantitative estimate of drug-likeness (QED) is 0.0857. The van der Waals surface area contributed by atoms with Gasteiger partial charge in [0, 0.05) is 41.3 Å². The first-order chi connectivity index (χ1) is 39.2. The summed E-state index contributed by atoms with van der Waals surface area (Å²) in [5.74, 6) is -1.35. The number of tetrazole rings is 1. The first-order valence-corrected chi connectivity index (χ1v) is 24.0. The standard InChI is InChI=1S/C18H13F2N5O2.C17H13FN6.C15H10F2N8O.C3H6O/c1-10-6-14(24-27-10)16-7-15(17-21-8-13(20)18(26)22-17)23-25(16)9-11-4-2-3-5-12(11)19;18-13-5-2-1-4-12(13)11-24-16(14-6-9-21-22-14)10-15(23-24)17-19-7-3-8-20-17;16-9-4-2-1-3-8(9)7-25-12(14-20-23-24-21-14)5-11(22-25)13-18-6-10(17)15(26)19-13;1-3(2)4/h2-8H,9H2,1H3,(H,21,22,26);1-10H,11H2,(H,21,22);1-6H,7H2,(H,18,19,26)(H,20,21,23,24);1-2H3. The highest BCUT2D eigenvalue weighted by atomic mass is 19.1. The van der Waals surface area contributed by atoms with E-state index in [1.807, 2.05) is 12.1 Å². The van der Waals surface area contributed by atoms with Gasteiger partial charge in [-0.15, -0.1) is 10.2 Å². The summed E-state index contributed by atoms with van der Waals surface area (Å²) >= 11 is 0. The van der Waals surface area contributed by atoms with E-state index in [-0.39, 0.29) is 53.7 Å². The van der Waals surface area contributed by atoms with Crippen molar-refractivity contribution in [2.24, 2.45) is 0 Å². The van der Waals surface area contributed by atoms with E-state index in [0.717, 1.165) is 23.8 Å². The van der Waals surface area contributed by atoms with Gasteiger partial charge in [-0.1, -0.05) is 59.8 Å². The third-order valence-electron chi connectivity index (χ3n) is 11.2. The van der Waals surface area contributed by atoms with Crippen molar-refractivity contribution in [1.29, 1.82) is 0 Å². The number of carbonyl (C=O) groups is 1. The second-order valence-electron chi connectivity index (χ2n) is 17.3. The van der Waals surface area contributed by atoms with E-state index in [4.69, 9.17) is 4.52 Å². The van der Waals surface area contributed by atoms with Crippen LogP contribution in [0.1, 0.15) is 36.3 Å². The zero-order valence-electron chi connectivity index (χ0n) is 42.6. The fourth-order valence-corrected chi connectivity index (χ4v) is 7.53. The molecule has 0 aliphatic rings. The van der Waals surface area contributed by atoms with Crippen molar-refractivity contribution < 1.29 is 31.3 Å². The SMILES string of the molecule is CC(C)=O.Cc1cc(-c2cc(-c3ncc(F)c(=O)[nH]3)nn2Cc2ccccc2F)no1.Fc1ccccc1Cn1nc(-c2ncccn2)cc1-c1ccn[nH]1.O=c1[nH]c(-c2cc(-c3nn[nH]n3)n(Cc3ccccc3F)n2)ncc1F. The van der Waals surface area contributed by atoms with E-state index in [1.165, 1.54) is 41.4 Å². The molecule has 81 heavy (non-hydrogen) atoms. The summed E-state index contributed by atoms with van der Waals surface area (Å²) < 4.78 is 78.2. The molecular formula is C53H42F5N19O4. The van der Waals surface area contributed by atoms with Crippen molar-refractivity contribution in [3.05, 3.63) is 212 Å². The number of Topliss-reactive ketones (excluding diaryl/α,β-unsaturated/α-hetero) is 1. The molecule has 0 aliphatic carbocycles. The van der Waals surface area contributed by atoms with E-state index < -0.39 is 28.6 Å². The van der Waals surface area contributed by atoms with Crippen molar-refractivity contribution in [1.82, 2.24) is 95.2 Å². The maximum atomic E-state index is 14.1. The second kappa shape index (κ2) is 24.9. The Labute approximate surface area is 452 Å². The third kappa shape index (κ3) is 13.6. The van der Waals surface area contributed by atoms with Crippen LogP contribution in [0, 0.1) is 36.0 Å². The molecule has 0 amide bonds. The molecule has 12 rings (SSSR count). The molecular weight excluding hydrogens is 1060 g/mol. The van der Waals surface area contributed by atoms with Gasteiger partial charge in [0.1, 0.15) is 57.5 Å². The summed E-state index contributed by atoms with van der Waals surface area (Å²) in [6.07, 6.45) is 6.61. The Kier molecular flexibility index (Phi) is 16.9. The lowest BCUT2D eigenvalue weighted by Crippen LogP contribution is -2.12. The summed E-state index contributed by atoms with van der Waals surface area (Å²) in [6, 6.07) is 29.6. The second-order valence-corrected chi connectivity index (χ2v) is 17.3. The summed E-state index contributed by atoms with van der Waals surface area (Å²) in [7, 11) is 0. The van der Waals surface area contributed by atoms with Crippen molar-refractivity contribution in [2.45, 2.75) is 40.4 Å². The minimum atomic E-state index is -1.00. The van der Waals surface area contributed by atoms with E-state index in [9.17, 15) is 36.3 Å². The van der Waals surface area contributed by atoms with Crippen LogP contribution in [-0.4, -0.2) is 101 Å². The first kappa shape index (κ1) is 54.7. The summed E-state index contributed by atoms with van der Waals surface area (Å²) in [4.78, 5) is 53.2. The Bertz CT molecular complexity index is 4190. The molecule has 3 aromatic carbocycles. The largest absolute Gasteiger partial charge is 0.361 e. The summed E-state index contributed by atoms with van der Waals surface area (Å²) in [5.41, 5.74) is 3.76. The number of aromatic nitrogens is 19. The van der Waals surface area contributed by atoms with Gasteiger partial charge in [-0.25, -0.2) is 33.1 Å². The van der Waals surface area contributed by atoms with E-state index in [1.54, 1.807) is 109 Å². The number of hydrogen-bond acceptors (Lipinski definition) is 16. The van der Waals surface area contributed by atoms with Gasteiger partial charge in [0.2, 0.25) is 17.5 Å². The molecule has 9 aromatic heterocycles. The van der Waals surface area contributed by atoms with Gasteiger partial charge < -0.3 is 19.3 Å². The number of H-pyrrole nitrogens is 4. The molecule has 0 spiro atoms. The van der Waals surface area contributed by atoms with Crippen molar-refractivity contribution in [2.75, 3.05) is 0 Å². The van der Waals surface area contributed by atoms with Crippen LogP contribution in [0.5, 0.6) is 0 Å². The van der Waals surface area contributed by atoms with Crippen LogP contribution in [0.4, 0.5) is 22.0 Å². The number of carbonyl (C=O) groups excluding carboxylic acids is 1. The molecule has 0 unspecified atom stereocenters. The predicted octanol–water partition coefficient (Wildman–Crippen LogP) is 7.58. The van der Waals surface area contributed by atoms with Crippen LogP contribution in [0.15, 0.2) is 154 Å². The molecule has 0 aliphatic heterocycles. The molecule has 0 radical (unpaired) electrons. The fourth-order valence-electron chi connectivity index (χ4n) is 7.53. The molecule has 28 heteroatoms. The lowest BCUT2D eigenvalue weighted by Gasteiger charge is -2.07. The van der Waals surface area contributed by atoms with Gasteiger partial charge in [-0.3, -0.25) is 28.7 Å². The number of ketones is 1.